The zero-order valence-electron chi connectivity index (χ0n) is 12.9. The van der Waals surface area contributed by atoms with E-state index in [-0.39, 0.29) is 4.90 Å². The quantitative estimate of drug-likeness (QED) is 0.747. The first kappa shape index (κ1) is 18.3. The lowest BCUT2D eigenvalue weighted by atomic mass is 10.4. The van der Waals surface area contributed by atoms with Crippen molar-refractivity contribution in [1.29, 1.82) is 0 Å². The van der Waals surface area contributed by atoms with Crippen LogP contribution in [0.2, 0.25) is 0 Å². The molecule has 0 spiro atoms. The normalized spacial score (nSPS) is 12.1. The summed E-state index contributed by atoms with van der Waals surface area (Å²) < 4.78 is 27.7. The first-order valence-electron chi connectivity index (χ1n) is 6.81. The average molecular weight is 379 g/mol. The van der Waals surface area contributed by atoms with E-state index < -0.39 is 10.0 Å². The van der Waals surface area contributed by atoms with E-state index >= 15 is 0 Å². The standard InChI is InChI=1S/C13H23BrN4O2S/c1-5-18(8-6-7-17(3)4)21(19,20)12-9-11(14)10-16-13(12)15-2/h9-10H,5-8H2,1-4H3,(H,15,16). The number of sulfonamides is 1. The molecule has 1 rings (SSSR count). The van der Waals surface area contributed by atoms with E-state index in [4.69, 9.17) is 0 Å². The van der Waals surface area contributed by atoms with Crippen LogP contribution in [0, 0.1) is 0 Å². The molecule has 0 aliphatic heterocycles. The highest BCUT2D eigenvalue weighted by Gasteiger charge is 2.26. The van der Waals surface area contributed by atoms with Gasteiger partial charge in [-0.3, -0.25) is 0 Å². The molecular weight excluding hydrogens is 356 g/mol. The number of nitrogens with zero attached hydrogens (tertiary/aromatic N) is 3. The third-order valence-corrected chi connectivity index (χ3v) is 5.46. The Kier molecular flexibility index (Phi) is 7.05. The lowest BCUT2D eigenvalue weighted by Crippen LogP contribution is -2.33. The predicted molar refractivity (Wildman–Crippen MR) is 89.1 cm³/mol. The highest BCUT2D eigenvalue weighted by atomic mass is 79.9. The number of hydrogen-bond donors (Lipinski definition) is 1. The fraction of sp³-hybridized carbons (Fsp3) is 0.615. The van der Waals surface area contributed by atoms with Crippen LogP contribution in [0.4, 0.5) is 5.82 Å². The first-order chi connectivity index (χ1) is 9.82. The second-order valence-corrected chi connectivity index (χ2v) is 7.73. The Morgan fingerprint density at radius 1 is 1.33 bits per heavy atom. The number of rotatable bonds is 8. The molecule has 0 bridgehead atoms. The Hall–Kier alpha value is -0.700. The lowest BCUT2D eigenvalue weighted by molar-refractivity contribution is 0.356. The molecular formula is C13H23BrN4O2S. The van der Waals surface area contributed by atoms with Crippen molar-refractivity contribution in [3.05, 3.63) is 16.7 Å². The van der Waals surface area contributed by atoms with E-state index in [1.54, 1.807) is 19.3 Å². The maximum Gasteiger partial charge on any atom is 0.246 e. The van der Waals surface area contributed by atoms with Gasteiger partial charge in [-0.2, -0.15) is 4.31 Å². The van der Waals surface area contributed by atoms with Gasteiger partial charge in [-0.05, 0) is 49.1 Å². The van der Waals surface area contributed by atoms with Gasteiger partial charge in [-0.15, -0.1) is 0 Å². The Morgan fingerprint density at radius 2 is 2.00 bits per heavy atom. The number of hydrogen-bond acceptors (Lipinski definition) is 5. The molecule has 0 radical (unpaired) electrons. The minimum atomic E-state index is -3.55. The molecule has 0 saturated carbocycles. The van der Waals surface area contributed by atoms with Crippen LogP contribution in [-0.2, 0) is 10.0 Å². The van der Waals surface area contributed by atoms with Crippen LogP contribution in [0.25, 0.3) is 0 Å². The summed E-state index contributed by atoms with van der Waals surface area (Å²) in [6.45, 7) is 3.62. The van der Waals surface area contributed by atoms with Gasteiger partial charge in [0.05, 0.1) is 0 Å². The fourth-order valence-corrected chi connectivity index (χ4v) is 4.10. The highest BCUT2D eigenvalue weighted by Crippen LogP contribution is 2.25. The summed E-state index contributed by atoms with van der Waals surface area (Å²) in [5.41, 5.74) is 0. The van der Waals surface area contributed by atoms with Gasteiger partial charge in [0.2, 0.25) is 10.0 Å². The molecule has 1 heterocycles. The van der Waals surface area contributed by atoms with Gasteiger partial charge in [0.15, 0.2) is 0 Å². The number of halogens is 1. The molecule has 8 heteroatoms. The average Bonchev–Trinajstić information content (AvgIpc) is 2.43. The van der Waals surface area contributed by atoms with Crippen molar-refractivity contribution >= 4 is 31.8 Å². The molecule has 1 aromatic heterocycles. The molecule has 0 fully saturated rings. The van der Waals surface area contributed by atoms with Crippen molar-refractivity contribution < 1.29 is 8.42 Å². The van der Waals surface area contributed by atoms with E-state index in [0.717, 1.165) is 13.0 Å². The molecule has 120 valence electrons. The Balaban J connectivity index is 3.04. The Labute approximate surface area is 135 Å². The largest absolute Gasteiger partial charge is 0.372 e. The third kappa shape index (κ3) is 4.91. The van der Waals surface area contributed by atoms with Crippen LogP contribution in [-0.4, -0.2) is 63.4 Å². The number of nitrogens with one attached hydrogen (secondary N) is 1. The van der Waals surface area contributed by atoms with E-state index in [1.165, 1.54) is 4.31 Å². The number of anilines is 1. The zero-order chi connectivity index (χ0) is 16.0. The van der Waals surface area contributed by atoms with Gasteiger partial charge in [-0.1, -0.05) is 6.92 Å². The molecule has 0 amide bonds. The Morgan fingerprint density at radius 3 is 2.52 bits per heavy atom. The summed E-state index contributed by atoms with van der Waals surface area (Å²) in [6.07, 6.45) is 2.36. The van der Waals surface area contributed by atoms with Gasteiger partial charge >= 0.3 is 0 Å². The molecule has 0 aromatic carbocycles. The van der Waals surface area contributed by atoms with Crippen molar-refractivity contribution in [2.24, 2.45) is 0 Å². The minimum absolute atomic E-state index is 0.200. The molecule has 1 N–H and O–H groups in total. The molecule has 0 unspecified atom stereocenters. The summed E-state index contributed by atoms with van der Waals surface area (Å²) in [6, 6.07) is 1.59. The summed E-state index contributed by atoms with van der Waals surface area (Å²) >= 11 is 3.28. The van der Waals surface area contributed by atoms with Crippen LogP contribution < -0.4 is 5.32 Å². The summed E-state index contributed by atoms with van der Waals surface area (Å²) in [5, 5.41) is 2.84. The maximum absolute atomic E-state index is 12.8. The van der Waals surface area contributed by atoms with Crippen LogP contribution in [0.15, 0.2) is 21.6 Å². The fourth-order valence-electron chi connectivity index (χ4n) is 1.96. The van der Waals surface area contributed by atoms with Gasteiger partial charge in [0, 0.05) is 30.8 Å². The minimum Gasteiger partial charge on any atom is -0.372 e. The predicted octanol–water partition coefficient (Wildman–Crippen LogP) is 1.85. The van der Waals surface area contributed by atoms with Crippen LogP contribution in [0.3, 0.4) is 0 Å². The van der Waals surface area contributed by atoms with Gasteiger partial charge in [-0.25, -0.2) is 13.4 Å². The van der Waals surface area contributed by atoms with Gasteiger partial charge < -0.3 is 10.2 Å². The van der Waals surface area contributed by atoms with Crippen molar-refractivity contribution in [3.63, 3.8) is 0 Å². The second-order valence-electron chi connectivity index (χ2n) is 4.90. The topological polar surface area (TPSA) is 65.5 Å². The second kappa shape index (κ2) is 8.07. The molecule has 0 atom stereocenters. The molecule has 0 aliphatic carbocycles. The molecule has 21 heavy (non-hydrogen) atoms. The smallest absolute Gasteiger partial charge is 0.246 e. The lowest BCUT2D eigenvalue weighted by Gasteiger charge is -2.22. The van der Waals surface area contributed by atoms with Crippen LogP contribution in [0.1, 0.15) is 13.3 Å². The number of aromatic nitrogens is 1. The zero-order valence-corrected chi connectivity index (χ0v) is 15.3. The maximum atomic E-state index is 12.8. The van der Waals surface area contributed by atoms with E-state index in [9.17, 15) is 8.42 Å². The SMILES string of the molecule is CCN(CCCN(C)C)S(=O)(=O)c1cc(Br)cnc1NC. The van der Waals surface area contributed by atoms with Crippen molar-refractivity contribution in [2.75, 3.05) is 46.1 Å². The molecule has 1 aromatic rings. The number of pyridine rings is 1. The first-order valence-corrected chi connectivity index (χ1v) is 9.04. The molecule has 0 aliphatic rings. The summed E-state index contributed by atoms with van der Waals surface area (Å²) in [4.78, 5) is 6.36. The van der Waals surface area contributed by atoms with Crippen LogP contribution >= 0.6 is 15.9 Å². The van der Waals surface area contributed by atoms with Gasteiger partial charge in [0.25, 0.3) is 0 Å². The Bertz CT molecular complexity index is 563. The van der Waals surface area contributed by atoms with E-state index in [0.29, 0.717) is 23.4 Å². The van der Waals surface area contributed by atoms with Crippen LogP contribution in [0.5, 0.6) is 0 Å². The van der Waals surface area contributed by atoms with Crippen molar-refractivity contribution in [3.8, 4) is 0 Å². The highest BCUT2D eigenvalue weighted by molar-refractivity contribution is 9.10. The monoisotopic (exact) mass is 378 g/mol. The van der Waals surface area contributed by atoms with Crippen molar-refractivity contribution in [1.82, 2.24) is 14.2 Å². The van der Waals surface area contributed by atoms with Crippen molar-refractivity contribution in [2.45, 2.75) is 18.2 Å². The molecule has 6 nitrogen and oxygen atoms in total. The molecule has 0 saturated heterocycles. The van der Waals surface area contributed by atoms with Gasteiger partial charge in [0.1, 0.15) is 10.7 Å². The third-order valence-electron chi connectivity index (χ3n) is 3.04. The summed E-state index contributed by atoms with van der Waals surface area (Å²) in [7, 11) is 2.06. The van der Waals surface area contributed by atoms with E-state index in [2.05, 4.69) is 26.2 Å². The summed E-state index contributed by atoms with van der Waals surface area (Å²) in [5.74, 6) is 0.365. The van der Waals surface area contributed by atoms with E-state index in [1.807, 2.05) is 25.9 Å².